The minimum absolute atomic E-state index is 0.0653. The number of alkyl halides is 3. The molecule has 5 nitrogen and oxygen atoms in total. The quantitative estimate of drug-likeness (QED) is 0.846. The van der Waals surface area contributed by atoms with Crippen LogP contribution < -0.4 is 0 Å². The number of aryl methyl sites for hydroxylation is 1. The first-order valence-electron chi connectivity index (χ1n) is 7.66. The Hall–Kier alpha value is -2.38. The molecule has 1 fully saturated rings. The number of halogens is 3. The summed E-state index contributed by atoms with van der Waals surface area (Å²) in [6, 6.07) is 3.49. The maximum atomic E-state index is 13.0. The van der Waals surface area contributed by atoms with E-state index in [1.165, 1.54) is 9.58 Å². The lowest BCUT2D eigenvalue weighted by Crippen LogP contribution is -2.44. The molecule has 0 aromatic carbocycles. The SMILES string of the molecule is Cn1cc(C(=O)N2CCC[C@@H](C(F)(F)F)C2)c(-c2cccnc2)n1. The maximum Gasteiger partial charge on any atom is 0.393 e. The van der Waals surface area contributed by atoms with E-state index in [4.69, 9.17) is 0 Å². The largest absolute Gasteiger partial charge is 0.393 e. The molecule has 1 saturated heterocycles. The molecule has 8 heteroatoms. The monoisotopic (exact) mass is 338 g/mol. The fraction of sp³-hybridized carbons (Fsp3) is 0.438. The second kappa shape index (κ2) is 6.26. The van der Waals surface area contributed by atoms with E-state index in [2.05, 4.69) is 10.1 Å². The molecule has 24 heavy (non-hydrogen) atoms. The Morgan fingerprint density at radius 3 is 2.83 bits per heavy atom. The van der Waals surface area contributed by atoms with Crippen molar-refractivity contribution in [2.45, 2.75) is 19.0 Å². The van der Waals surface area contributed by atoms with Crippen molar-refractivity contribution in [1.82, 2.24) is 19.7 Å². The second-order valence-electron chi connectivity index (χ2n) is 5.94. The molecule has 0 aliphatic carbocycles. The zero-order valence-corrected chi connectivity index (χ0v) is 13.1. The van der Waals surface area contributed by atoms with Crippen molar-refractivity contribution in [2.75, 3.05) is 13.1 Å². The highest BCUT2D eigenvalue weighted by atomic mass is 19.4. The molecule has 0 spiro atoms. The van der Waals surface area contributed by atoms with Gasteiger partial charge in [0.25, 0.3) is 5.91 Å². The summed E-state index contributed by atoms with van der Waals surface area (Å²) in [5, 5.41) is 4.27. The summed E-state index contributed by atoms with van der Waals surface area (Å²) in [5.41, 5.74) is 1.39. The van der Waals surface area contributed by atoms with Crippen LogP contribution in [-0.2, 0) is 7.05 Å². The van der Waals surface area contributed by atoms with E-state index in [0.717, 1.165) is 0 Å². The van der Waals surface area contributed by atoms with Crippen LogP contribution in [0.25, 0.3) is 11.3 Å². The van der Waals surface area contributed by atoms with Gasteiger partial charge < -0.3 is 4.90 Å². The summed E-state index contributed by atoms with van der Waals surface area (Å²) in [6.07, 6.45) is 0.858. The fourth-order valence-corrected chi connectivity index (χ4v) is 2.96. The minimum Gasteiger partial charge on any atom is -0.338 e. The van der Waals surface area contributed by atoms with Crippen LogP contribution in [0, 0.1) is 5.92 Å². The van der Waals surface area contributed by atoms with Gasteiger partial charge in [0.05, 0.1) is 11.5 Å². The lowest BCUT2D eigenvalue weighted by atomic mass is 9.96. The standard InChI is InChI=1S/C16H17F3N4O/c1-22-10-13(14(21-22)11-4-2-6-20-8-11)15(24)23-7-3-5-12(9-23)16(17,18)19/h2,4,6,8,10,12H,3,5,7,9H2,1H3/t12-/m1/s1. The number of piperidine rings is 1. The van der Waals surface area contributed by atoms with Crippen molar-refractivity contribution >= 4 is 5.91 Å². The number of carbonyl (C=O) groups is 1. The number of hydrogen-bond donors (Lipinski definition) is 0. The zero-order valence-electron chi connectivity index (χ0n) is 13.1. The normalized spacial score (nSPS) is 18.7. The van der Waals surface area contributed by atoms with Gasteiger partial charge in [-0.3, -0.25) is 14.5 Å². The van der Waals surface area contributed by atoms with Gasteiger partial charge in [-0.1, -0.05) is 0 Å². The van der Waals surface area contributed by atoms with Crippen LogP contribution in [-0.4, -0.2) is 44.8 Å². The molecular formula is C16H17F3N4O. The number of rotatable bonds is 2. The highest BCUT2D eigenvalue weighted by Crippen LogP contribution is 2.34. The van der Waals surface area contributed by atoms with Crippen LogP contribution in [0.2, 0.25) is 0 Å². The molecule has 128 valence electrons. The van der Waals surface area contributed by atoms with Crippen molar-refractivity contribution in [3.63, 3.8) is 0 Å². The highest BCUT2D eigenvalue weighted by molar-refractivity contribution is 5.99. The maximum absolute atomic E-state index is 13.0. The lowest BCUT2D eigenvalue weighted by molar-refractivity contribution is -0.184. The van der Waals surface area contributed by atoms with E-state index < -0.39 is 18.0 Å². The van der Waals surface area contributed by atoms with Crippen LogP contribution in [0.1, 0.15) is 23.2 Å². The molecule has 2 aromatic rings. The van der Waals surface area contributed by atoms with Crippen LogP contribution >= 0.6 is 0 Å². The van der Waals surface area contributed by atoms with Crippen LogP contribution in [0.5, 0.6) is 0 Å². The van der Waals surface area contributed by atoms with Crippen molar-refractivity contribution in [2.24, 2.45) is 13.0 Å². The first-order valence-corrected chi connectivity index (χ1v) is 7.66. The minimum atomic E-state index is -4.28. The van der Waals surface area contributed by atoms with Crippen molar-refractivity contribution < 1.29 is 18.0 Å². The molecule has 0 unspecified atom stereocenters. The molecule has 1 aliphatic rings. The summed E-state index contributed by atoms with van der Waals surface area (Å²) >= 11 is 0. The number of amides is 1. The van der Waals surface area contributed by atoms with Gasteiger partial charge >= 0.3 is 6.18 Å². The van der Waals surface area contributed by atoms with Crippen molar-refractivity contribution in [3.05, 3.63) is 36.3 Å². The summed E-state index contributed by atoms with van der Waals surface area (Å²) in [6.45, 7) is 0.0243. The van der Waals surface area contributed by atoms with Gasteiger partial charge in [-0.05, 0) is 25.0 Å². The topological polar surface area (TPSA) is 51.0 Å². The Kier molecular flexibility index (Phi) is 4.29. The van der Waals surface area contributed by atoms with E-state index in [9.17, 15) is 18.0 Å². The predicted molar refractivity (Wildman–Crippen MR) is 81.1 cm³/mol. The number of carbonyl (C=O) groups excluding carboxylic acids is 1. The number of pyridine rings is 1. The number of nitrogens with zero attached hydrogens (tertiary/aromatic N) is 4. The van der Waals surface area contributed by atoms with Crippen LogP contribution in [0.4, 0.5) is 13.2 Å². The van der Waals surface area contributed by atoms with Gasteiger partial charge in [0.15, 0.2) is 0 Å². The summed E-state index contributed by atoms with van der Waals surface area (Å²) in [4.78, 5) is 18.0. The van der Waals surface area contributed by atoms with Crippen molar-refractivity contribution in [3.8, 4) is 11.3 Å². The third-order valence-corrected chi connectivity index (χ3v) is 4.17. The third kappa shape index (κ3) is 3.27. The molecule has 0 bridgehead atoms. The van der Waals surface area contributed by atoms with E-state index in [1.54, 1.807) is 37.8 Å². The van der Waals surface area contributed by atoms with E-state index in [0.29, 0.717) is 29.8 Å². The van der Waals surface area contributed by atoms with Crippen molar-refractivity contribution in [1.29, 1.82) is 0 Å². The van der Waals surface area contributed by atoms with Gasteiger partial charge in [0.2, 0.25) is 0 Å². The van der Waals surface area contributed by atoms with Gasteiger partial charge in [-0.2, -0.15) is 18.3 Å². The van der Waals surface area contributed by atoms with Gasteiger partial charge in [0.1, 0.15) is 5.69 Å². The smallest absolute Gasteiger partial charge is 0.338 e. The van der Waals surface area contributed by atoms with Gasteiger partial charge in [0, 0.05) is 44.3 Å². The fourth-order valence-electron chi connectivity index (χ4n) is 2.96. The average molecular weight is 338 g/mol. The molecule has 0 radical (unpaired) electrons. The number of likely N-dealkylation sites (tertiary alicyclic amines) is 1. The van der Waals surface area contributed by atoms with Gasteiger partial charge in [-0.15, -0.1) is 0 Å². The van der Waals surface area contributed by atoms with E-state index >= 15 is 0 Å². The summed E-state index contributed by atoms with van der Waals surface area (Å²) < 4.78 is 40.4. The first kappa shape index (κ1) is 16.5. The molecule has 1 atom stereocenters. The molecule has 3 rings (SSSR count). The number of aromatic nitrogens is 3. The zero-order chi connectivity index (χ0) is 17.3. The molecule has 1 amide bonds. The highest BCUT2D eigenvalue weighted by Gasteiger charge is 2.43. The Bertz CT molecular complexity index is 727. The average Bonchev–Trinajstić information content (AvgIpc) is 2.96. The third-order valence-electron chi connectivity index (χ3n) is 4.17. The Morgan fingerprint density at radius 1 is 1.38 bits per heavy atom. The first-order chi connectivity index (χ1) is 11.4. The molecule has 1 aliphatic heterocycles. The number of hydrogen-bond acceptors (Lipinski definition) is 3. The van der Waals surface area contributed by atoms with Gasteiger partial charge in [-0.25, -0.2) is 0 Å². The molecule has 3 heterocycles. The van der Waals surface area contributed by atoms with E-state index in [1.807, 2.05) is 0 Å². The predicted octanol–water partition coefficient (Wildman–Crippen LogP) is 2.90. The summed E-state index contributed by atoms with van der Waals surface area (Å²) in [5.74, 6) is -1.88. The Balaban J connectivity index is 1.88. The second-order valence-corrected chi connectivity index (χ2v) is 5.94. The Morgan fingerprint density at radius 2 is 2.17 bits per heavy atom. The van der Waals surface area contributed by atoms with Crippen LogP contribution in [0.3, 0.4) is 0 Å². The van der Waals surface area contributed by atoms with Crippen LogP contribution in [0.15, 0.2) is 30.7 Å². The molecule has 0 saturated carbocycles. The lowest BCUT2D eigenvalue weighted by Gasteiger charge is -2.33. The Labute approximate surface area is 137 Å². The van der Waals surface area contributed by atoms with E-state index in [-0.39, 0.29) is 13.0 Å². The molecular weight excluding hydrogens is 321 g/mol. The summed E-state index contributed by atoms with van der Waals surface area (Å²) in [7, 11) is 1.67. The molecule has 2 aromatic heterocycles. The molecule has 0 N–H and O–H groups in total.